The summed E-state index contributed by atoms with van der Waals surface area (Å²) in [6.07, 6.45) is 1.52. The summed E-state index contributed by atoms with van der Waals surface area (Å²) in [7, 11) is 0. The Balaban J connectivity index is 2.56. The second-order valence-corrected chi connectivity index (χ2v) is 4.77. The number of nitrogens with zero attached hydrogens (tertiary/aromatic N) is 1. The second-order valence-electron chi connectivity index (χ2n) is 3.84. The molecule has 0 fully saturated rings. The fourth-order valence-corrected chi connectivity index (χ4v) is 2.34. The lowest BCUT2D eigenvalue weighted by Crippen LogP contribution is -2.29. The molecule has 0 saturated carbocycles. The van der Waals surface area contributed by atoms with Gasteiger partial charge in [0.2, 0.25) is 0 Å². The van der Waals surface area contributed by atoms with Gasteiger partial charge in [-0.2, -0.15) is 0 Å². The van der Waals surface area contributed by atoms with E-state index in [-0.39, 0.29) is 0 Å². The van der Waals surface area contributed by atoms with Gasteiger partial charge in [-0.25, -0.2) is 4.98 Å². The maximum atomic E-state index is 10.1. The number of oxazole rings is 1. The zero-order valence-corrected chi connectivity index (χ0v) is 10.6. The Morgan fingerprint density at radius 2 is 1.93 bits per heavy atom. The van der Waals surface area contributed by atoms with E-state index in [4.69, 9.17) is 4.42 Å². The molecule has 0 unspecified atom stereocenters. The van der Waals surface area contributed by atoms with Crippen molar-refractivity contribution in [1.82, 2.24) is 4.98 Å². The molecule has 3 nitrogen and oxygen atoms in total. The molecular weight excluding hydrogens is 210 g/mol. The number of aromatic nitrogens is 1. The average molecular weight is 229 g/mol. The van der Waals surface area contributed by atoms with Crippen molar-refractivity contribution in [2.45, 2.75) is 51.4 Å². The predicted octanol–water partition coefficient (Wildman–Crippen LogP) is 2.93. The van der Waals surface area contributed by atoms with E-state index in [1.165, 1.54) is 11.8 Å². The zero-order valence-electron chi connectivity index (χ0n) is 9.83. The van der Waals surface area contributed by atoms with Crippen molar-refractivity contribution >= 4 is 11.8 Å². The quantitative estimate of drug-likeness (QED) is 0.789. The fourth-order valence-electron chi connectivity index (χ4n) is 1.16. The monoisotopic (exact) mass is 229 g/mol. The molecule has 0 aliphatic rings. The molecule has 0 spiro atoms. The largest absolute Gasteiger partial charge is 0.437 e. The molecule has 4 heteroatoms. The van der Waals surface area contributed by atoms with E-state index >= 15 is 0 Å². The summed E-state index contributed by atoms with van der Waals surface area (Å²) in [5.41, 5.74) is 0.329. The molecule has 15 heavy (non-hydrogen) atoms. The number of aliphatic hydroxyl groups is 1. The van der Waals surface area contributed by atoms with Crippen LogP contribution in [0.3, 0.4) is 0 Å². The molecule has 0 bridgehead atoms. The van der Waals surface area contributed by atoms with E-state index in [2.05, 4.69) is 4.98 Å². The minimum absolute atomic E-state index is 0.596. The third-order valence-electron chi connectivity index (χ3n) is 2.79. The maximum Gasteiger partial charge on any atom is 0.256 e. The SMILES string of the molecule is CCC(O)(CC)CSc1nc(C)c(C)o1. The Morgan fingerprint density at radius 3 is 2.33 bits per heavy atom. The zero-order chi connectivity index (χ0) is 11.5. The van der Waals surface area contributed by atoms with E-state index in [0.29, 0.717) is 11.0 Å². The molecule has 0 saturated heterocycles. The fraction of sp³-hybridized carbons (Fsp3) is 0.727. The summed E-state index contributed by atoms with van der Waals surface area (Å²) in [5.74, 6) is 1.49. The van der Waals surface area contributed by atoms with Crippen LogP contribution in [0.4, 0.5) is 0 Å². The molecular formula is C11H19NO2S. The first-order valence-corrected chi connectivity index (χ1v) is 6.28. The summed E-state index contributed by atoms with van der Waals surface area (Å²) in [6, 6.07) is 0. The topological polar surface area (TPSA) is 46.3 Å². The van der Waals surface area contributed by atoms with Crippen molar-refractivity contribution in [2.75, 3.05) is 5.75 Å². The summed E-state index contributed by atoms with van der Waals surface area (Å²) in [4.78, 5) is 4.27. The Morgan fingerprint density at radius 1 is 1.33 bits per heavy atom. The highest BCUT2D eigenvalue weighted by molar-refractivity contribution is 7.99. The van der Waals surface area contributed by atoms with Gasteiger partial charge < -0.3 is 9.52 Å². The van der Waals surface area contributed by atoms with Gasteiger partial charge >= 0.3 is 0 Å². The molecule has 1 N–H and O–H groups in total. The molecule has 1 heterocycles. The lowest BCUT2D eigenvalue weighted by atomic mass is 10.0. The maximum absolute atomic E-state index is 10.1. The Kier molecular flexibility index (Phi) is 4.22. The van der Waals surface area contributed by atoms with Crippen LogP contribution < -0.4 is 0 Å². The Labute approximate surface area is 95.3 Å². The molecule has 1 rings (SSSR count). The van der Waals surface area contributed by atoms with Gasteiger partial charge in [0.05, 0.1) is 11.3 Å². The van der Waals surface area contributed by atoms with Gasteiger partial charge in [-0.05, 0) is 26.7 Å². The minimum Gasteiger partial charge on any atom is -0.437 e. The molecule has 0 radical (unpaired) electrons. The van der Waals surface area contributed by atoms with Crippen LogP contribution in [0.2, 0.25) is 0 Å². The average Bonchev–Trinajstić information content (AvgIpc) is 2.55. The molecule has 0 aliphatic carbocycles. The first kappa shape index (κ1) is 12.6. The van der Waals surface area contributed by atoms with Gasteiger partial charge in [0, 0.05) is 5.75 Å². The van der Waals surface area contributed by atoms with Gasteiger partial charge in [-0.1, -0.05) is 25.6 Å². The smallest absolute Gasteiger partial charge is 0.256 e. The molecule has 1 aromatic heterocycles. The van der Waals surface area contributed by atoms with E-state index in [1.807, 2.05) is 27.7 Å². The molecule has 0 aliphatic heterocycles. The standard InChI is InChI=1S/C11H19NO2S/c1-5-11(13,6-2)7-15-10-12-8(3)9(4)14-10/h13H,5-7H2,1-4H3. The predicted molar refractivity (Wildman–Crippen MR) is 62.2 cm³/mol. The number of rotatable bonds is 5. The first-order valence-electron chi connectivity index (χ1n) is 5.30. The molecule has 86 valence electrons. The van der Waals surface area contributed by atoms with Crippen molar-refractivity contribution in [2.24, 2.45) is 0 Å². The molecule has 1 aromatic rings. The lowest BCUT2D eigenvalue weighted by Gasteiger charge is -2.23. The van der Waals surface area contributed by atoms with Crippen molar-refractivity contribution in [3.8, 4) is 0 Å². The summed E-state index contributed by atoms with van der Waals surface area (Å²) >= 11 is 1.48. The highest BCUT2D eigenvalue weighted by Gasteiger charge is 2.23. The third kappa shape index (κ3) is 3.24. The van der Waals surface area contributed by atoms with Crippen molar-refractivity contribution < 1.29 is 9.52 Å². The van der Waals surface area contributed by atoms with E-state index in [0.717, 1.165) is 24.3 Å². The number of hydrogen-bond acceptors (Lipinski definition) is 4. The molecule has 0 amide bonds. The number of aryl methyl sites for hydroxylation is 2. The Bertz CT molecular complexity index is 299. The number of thioether (sulfide) groups is 1. The first-order chi connectivity index (χ1) is 7.00. The summed E-state index contributed by atoms with van der Waals surface area (Å²) < 4.78 is 5.44. The van der Waals surface area contributed by atoms with E-state index in [1.54, 1.807) is 0 Å². The van der Waals surface area contributed by atoms with Gasteiger partial charge in [0.15, 0.2) is 0 Å². The summed E-state index contributed by atoms with van der Waals surface area (Å²) in [5, 5.41) is 10.7. The van der Waals surface area contributed by atoms with Crippen LogP contribution >= 0.6 is 11.8 Å². The van der Waals surface area contributed by atoms with E-state index < -0.39 is 5.60 Å². The summed E-state index contributed by atoms with van der Waals surface area (Å²) in [6.45, 7) is 7.82. The van der Waals surface area contributed by atoms with Crippen LogP contribution in [-0.2, 0) is 0 Å². The minimum atomic E-state index is -0.596. The highest BCUT2D eigenvalue weighted by atomic mass is 32.2. The van der Waals surface area contributed by atoms with Crippen LogP contribution in [0.15, 0.2) is 9.64 Å². The second kappa shape index (κ2) is 5.03. The van der Waals surface area contributed by atoms with Gasteiger partial charge in [0.25, 0.3) is 5.22 Å². The van der Waals surface area contributed by atoms with E-state index in [9.17, 15) is 5.11 Å². The normalized spacial score (nSPS) is 12.1. The third-order valence-corrected chi connectivity index (χ3v) is 3.89. The highest BCUT2D eigenvalue weighted by Crippen LogP contribution is 2.27. The van der Waals surface area contributed by atoms with Gasteiger partial charge in [-0.15, -0.1) is 0 Å². The van der Waals surface area contributed by atoms with Crippen LogP contribution in [0.1, 0.15) is 38.1 Å². The van der Waals surface area contributed by atoms with Crippen molar-refractivity contribution in [3.05, 3.63) is 11.5 Å². The number of hydrogen-bond donors (Lipinski definition) is 1. The van der Waals surface area contributed by atoms with Crippen LogP contribution in [0.25, 0.3) is 0 Å². The van der Waals surface area contributed by atoms with Gasteiger partial charge in [0.1, 0.15) is 5.76 Å². The van der Waals surface area contributed by atoms with Crippen LogP contribution in [-0.4, -0.2) is 21.4 Å². The van der Waals surface area contributed by atoms with Crippen molar-refractivity contribution in [3.63, 3.8) is 0 Å². The van der Waals surface area contributed by atoms with Gasteiger partial charge in [-0.3, -0.25) is 0 Å². The Hall–Kier alpha value is -0.480. The molecule has 0 aromatic carbocycles. The van der Waals surface area contributed by atoms with Crippen molar-refractivity contribution in [1.29, 1.82) is 0 Å². The van der Waals surface area contributed by atoms with Crippen LogP contribution in [0.5, 0.6) is 0 Å². The molecule has 0 atom stereocenters. The lowest BCUT2D eigenvalue weighted by molar-refractivity contribution is 0.0569. The van der Waals surface area contributed by atoms with Crippen LogP contribution in [0, 0.1) is 13.8 Å².